The van der Waals surface area contributed by atoms with Crippen molar-refractivity contribution >= 4 is 0 Å². The minimum absolute atomic E-state index is 0.429. The summed E-state index contributed by atoms with van der Waals surface area (Å²) < 4.78 is 0. The fraction of sp³-hybridized carbons (Fsp3) is 1.00. The van der Waals surface area contributed by atoms with E-state index < -0.39 is 0 Å². The highest BCUT2D eigenvalue weighted by Gasteiger charge is 2.41. The predicted molar refractivity (Wildman–Crippen MR) is 85.6 cm³/mol. The van der Waals surface area contributed by atoms with Gasteiger partial charge in [-0.05, 0) is 51.1 Å². The molecule has 2 unspecified atom stereocenters. The maximum absolute atomic E-state index is 3.85. The van der Waals surface area contributed by atoms with Crippen LogP contribution < -0.4 is 5.32 Å². The molecule has 1 aliphatic rings. The molecular weight excluding hydrogens is 232 g/mol. The standard InChI is InChI=1S/C17H36N2/c1-7-13-18-16-15(11-10-12-17(16,4)5)19(6)14(8-2)9-3/h14-16,18H,7-13H2,1-6H3. The second-order valence-corrected chi connectivity index (χ2v) is 7.02. The van der Waals surface area contributed by atoms with Crippen molar-refractivity contribution in [2.45, 2.75) is 91.3 Å². The van der Waals surface area contributed by atoms with Crippen LogP contribution in [0.1, 0.15) is 73.1 Å². The van der Waals surface area contributed by atoms with E-state index in [9.17, 15) is 0 Å². The molecule has 1 rings (SSSR count). The van der Waals surface area contributed by atoms with Crippen molar-refractivity contribution in [3.8, 4) is 0 Å². The topological polar surface area (TPSA) is 15.3 Å². The van der Waals surface area contributed by atoms with Gasteiger partial charge in [0.05, 0.1) is 0 Å². The number of rotatable bonds is 7. The SMILES string of the molecule is CCCNC1C(N(C)C(CC)CC)CCCC1(C)C. The minimum Gasteiger partial charge on any atom is -0.312 e. The van der Waals surface area contributed by atoms with Crippen LogP contribution in [0, 0.1) is 5.41 Å². The van der Waals surface area contributed by atoms with Crippen LogP contribution in [0.2, 0.25) is 0 Å². The molecule has 1 saturated carbocycles. The molecule has 1 fully saturated rings. The molecule has 2 atom stereocenters. The molecule has 0 amide bonds. The predicted octanol–water partition coefficient (Wildman–Crippen LogP) is 4.05. The Hall–Kier alpha value is -0.0800. The fourth-order valence-electron chi connectivity index (χ4n) is 3.90. The Morgan fingerprint density at radius 3 is 2.37 bits per heavy atom. The summed E-state index contributed by atoms with van der Waals surface area (Å²) in [6.07, 6.45) is 7.87. The third kappa shape index (κ3) is 4.19. The maximum Gasteiger partial charge on any atom is 0.0274 e. The van der Waals surface area contributed by atoms with Gasteiger partial charge in [-0.25, -0.2) is 0 Å². The van der Waals surface area contributed by atoms with Crippen molar-refractivity contribution < 1.29 is 0 Å². The Labute approximate surface area is 121 Å². The molecule has 0 bridgehead atoms. The summed E-state index contributed by atoms with van der Waals surface area (Å²) >= 11 is 0. The molecule has 0 aromatic rings. The van der Waals surface area contributed by atoms with Gasteiger partial charge in [0.2, 0.25) is 0 Å². The Morgan fingerprint density at radius 2 is 1.84 bits per heavy atom. The third-order valence-electron chi connectivity index (χ3n) is 5.20. The number of hydrogen-bond donors (Lipinski definition) is 1. The van der Waals surface area contributed by atoms with E-state index >= 15 is 0 Å². The normalized spacial score (nSPS) is 27.2. The maximum atomic E-state index is 3.85. The average molecular weight is 268 g/mol. The lowest BCUT2D eigenvalue weighted by Crippen LogP contribution is -2.59. The number of likely N-dealkylation sites (N-methyl/N-ethyl adjacent to an activating group) is 1. The number of nitrogens with one attached hydrogen (secondary N) is 1. The molecule has 0 saturated heterocycles. The molecule has 0 aromatic carbocycles. The summed E-state index contributed by atoms with van der Waals surface area (Å²) in [4.78, 5) is 2.67. The average Bonchev–Trinajstić information content (AvgIpc) is 2.37. The van der Waals surface area contributed by atoms with Gasteiger partial charge >= 0.3 is 0 Å². The van der Waals surface area contributed by atoms with Crippen molar-refractivity contribution in [2.24, 2.45) is 5.41 Å². The van der Waals surface area contributed by atoms with Crippen LogP contribution in [0.25, 0.3) is 0 Å². The smallest absolute Gasteiger partial charge is 0.0274 e. The van der Waals surface area contributed by atoms with E-state index in [-0.39, 0.29) is 0 Å². The molecule has 0 spiro atoms. The van der Waals surface area contributed by atoms with Crippen LogP contribution in [0.5, 0.6) is 0 Å². The Kier molecular flexibility index (Phi) is 6.82. The van der Waals surface area contributed by atoms with Crippen molar-refractivity contribution in [2.75, 3.05) is 13.6 Å². The van der Waals surface area contributed by atoms with Crippen LogP contribution >= 0.6 is 0 Å². The number of hydrogen-bond acceptors (Lipinski definition) is 2. The van der Waals surface area contributed by atoms with E-state index in [2.05, 4.69) is 51.9 Å². The Morgan fingerprint density at radius 1 is 1.21 bits per heavy atom. The first-order valence-electron chi connectivity index (χ1n) is 8.43. The number of nitrogens with zero attached hydrogens (tertiary/aromatic N) is 1. The first kappa shape index (κ1) is 17.0. The summed E-state index contributed by atoms with van der Waals surface area (Å²) in [5.74, 6) is 0. The second kappa shape index (κ2) is 7.64. The third-order valence-corrected chi connectivity index (χ3v) is 5.20. The monoisotopic (exact) mass is 268 g/mol. The van der Waals surface area contributed by atoms with Crippen LogP contribution in [0.3, 0.4) is 0 Å². The molecule has 2 heteroatoms. The molecular formula is C17H36N2. The quantitative estimate of drug-likeness (QED) is 0.749. The molecule has 1 aliphatic carbocycles. The van der Waals surface area contributed by atoms with Crippen molar-refractivity contribution in [1.29, 1.82) is 0 Å². The van der Waals surface area contributed by atoms with E-state index in [0.29, 0.717) is 17.5 Å². The minimum atomic E-state index is 0.429. The van der Waals surface area contributed by atoms with Gasteiger partial charge in [-0.1, -0.05) is 41.0 Å². The van der Waals surface area contributed by atoms with E-state index in [0.717, 1.165) is 12.6 Å². The van der Waals surface area contributed by atoms with Gasteiger partial charge in [-0.3, -0.25) is 4.90 Å². The lowest BCUT2D eigenvalue weighted by molar-refractivity contribution is 0.0375. The highest BCUT2D eigenvalue weighted by Crippen LogP contribution is 2.38. The lowest BCUT2D eigenvalue weighted by Gasteiger charge is -2.49. The Bertz CT molecular complexity index is 246. The lowest BCUT2D eigenvalue weighted by atomic mass is 9.70. The summed E-state index contributed by atoms with van der Waals surface area (Å²) in [5, 5.41) is 3.85. The van der Waals surface area contributed by atoms with Crippen LogP contribution in [0.4, 0.5) is 0 Å². The van der Waals surface area contributed by atoms with E-state index in [4.69, 9.17) is 0 Å². The molecule has 19 heavy (non-hydrogen) atoms. The zero-order valence-corrected chi connectivity index (χ0v) is 14.1. The highest BCUT2D eigenvalue weighted by molar-refractivity contribution is 4.98. The summed E-state index contributed by atoms with van der Waals surface area (Å²) in [7, 11) is 2.35. The molecule has 114 valence electrons. The first-order valence-corrected chi connectivity index (χ1v) is 8.43. The van der Waals surface area contributed by atoms with Crippen molar-refractivity contribution in [3.63, 3.8) is 0 Å². The zero-order chi connectivity index (χ0) is 14.5. The van der Waals surface area contributed by atoms with E-state index in [1.807, 2.05) is 0 Å². The van der Waals surface area contributed by atoms with Gasteiger partial charge in [0, 0.05) is 18.1 Å². The van der Waals surface area contributed by atoms with Gasteiger partial charge in [-0.15, -0.1) is 0 Å². The Balaban J connectivity index is 2.81. The molecule has 0 aromatic heterocycles. The highest BCUT2D eigenvalue weighted by atomic mass is 15.2. The summed E-state index contributed by atoms with van der Waals surface area (Å²) in [5.41, 5.74) is 0.429. The van der Waals surface area contributed by atoms with Crippen molar-refractivity contribution in [3.05, 3.63) is 0 Å². The molecule has 2 nitrogen and oxygen atoms in total. The summed E-state index contributed by atoms with van der Waals surface area (Å²) in [6.45, 7) is 13.0. The molecule has 0 heterocycles. The second-order valence-electron chi connectivity index (χ2n) is 7.02. The van der Waals surface area contributed by atoms with Gasteiger partial charge in [0.25, 0.3) is 0 Å². The van der Waals surface area contributed by atoms with E-state index in [1.54, 1.807) is 0 Å². The molecule has 0 aliphatic heterocycles. The van der Waals surface area contributed by atoms with Gasteiger partial charge < -0.3 is 5.32 Å². The zero-order valence-electron chi connectivity index (χ0n) is 14.1. The van der Waals surface area contributed by atoms with Crippen molar-refractivity contribution in [1.82, 2.24) is 10.2 Å². The molecule has 0 radical (unpaired) electrons. The fourth-order valence-corrected chi connectivity index (χ4v) is 3.90. The van der Waals surface area contributed by atoms with Crippen LogP contribution in [-0.2, 0) is 0 Å². The van der Waals surface area contributed by atoms with Crippen LogP contribution in [0.15, 0.2) is 0 Å². The van der Waals surface area contributed by atoms with Gasteiger partial charge in [0.1, 0.15) is 0 Å². The van der Waals surface area contributed by atoms with E-state index in [1.165, 1.54) is 38.5 Å². The van der Waals surface area contributed by atoms with Crippen LogP contribution in [-0.4, -0.2) is 36.6 Å². The summed E-state index contributed by atoms with van der Waals surface area (Å²) in [6, 6.07) is 2.09. The largest absolute Gasteiger partial charge is 0.312 e. The van der Waals surface area contributed by atoms with Gasteiger partial charge in [-0.2, -0.15) is 0 Å². The van der Waals surface area contributed by atoms with Gasteiger partial charge in [0.15, 0.2) is 0 Å². The first-order chi connectivity index (χ1) is 8.97. The molecule has 1 N–H and O–H groups in total.